The molecule has 114 valence electrons. The van der Waals surface area contributed by atoms with E-state index in [9.17, 15) is 4.79 Å². The summed E-state index contributed by atoms with van der Waals surface area (Å²) in [5.74, 6) is -0.387. The molecule has 6 heteroatoms. The lowest BCUT2D eigenvalue weighted by atomic mass is 10.2. The van der Waals surface area contributed by atoms with Crippen molar-refractivity contribution in [1.82, 2.24) is 5.32 Å². The molecule has 22 heavy (non-hydrogen) atoms. The topological polar surface area (TPSA) is 82.2 Å². The normalized spacial score (nSPS) is 10.1. The van der Waals surface area contributed by atoms with Crippen LogP contribution >= 0.6 is 11.6 Å². The van der Waals surface area contributed by atoms with Gasteiger partial charge in [0.1, 0.15) is 0 Å². The number of urea groups is 1. The average Bonchev–Trinajstić information content (AvgIpc) is 2.49. The maximum absolute atomic E-state index is 12.4. The number of carbonyl (C=O) groups excluding carboxylic acids is 1. The number of carbonyl (C=O) groups is 1. The van der Waals surface area contributed by atoms with Gasteiger partial charge in [0, 0.05) is 6.54 Å². The number of halogens is 1. The molecule has 2 aromatic carbocycles. The quantitative estimate of drug-likeness (QED) is 0.600. The molecule has 5 nitrogen and oxygen atoms in total. The number of hydrogen-bond acceptors (Lipinski definition) is 2. The number of nitrogens with zero attached hydrogens (tertiary/aromatic N) is 1. The highest BCUT2D eigenvalue weighted by atomic mass is 35.5. The van der Waals surface area contributed by atoms with Crippen LogP contribution in [0.5, 0.6) is 0 Å². The van der Waals surface area contributed by atoms with Crippen molar-refractivity contribution < 1.29 is 4.79 Å². The second-order valence-electron chi connectivity index (χ2n) is 4.77. The summed E-state index contributed by atoms with van der Waals surface area (Å²) in [7, 11) is 0. The van der Waals surface area contributed by atoms with Crippen molar-refractivity contribution >= 4 is 29.3 Å². The first-order chi connectivity index (χ1) is 10.5. The molecule has 0 aliphatic heterocycles. The lowest BCUT2D eigenvalue weighted by molar-refractivity contribution is 0.248. The Hall–Kier alpha value is -2.53. The van der Waals surface area contributed by atoms with Crippen LogP contribution in [0.25, 0.3) is 0 Å². The van der Waals surface area contributed by atoms with E-state index in [0.717, 1.165) is 16.0 Å². The van der Waals surface area contributed by atoms with Gasteiger partial charge in [-0.15, -0.1) is 0 Å². The zero-order valence-corrected chi connectivity index (χ0v) is 12.9. The third-order valence-corrected chi connectivity index (χ3v) is 3.45. The summed E-state index contributed by atoms with van der Waals surface area (Å²) in [6, 6.07) is 14.2. The highest BCUT2D eigenvalue weighted by molar-refractivity contribution is 6.35. The summed E-state index contributed by atoms with van der Waals surface area (Å²) in [5.41, 5.74) is 7.70. The molecule has 0 unspecified atom stereocenters. The second kappa shape index (κ2) is 6.95. The van der Waals surface area contributed by atoms with Gasteiger partial charge >= 0.3 is 6.03 Å². The monoisotopic (exact) mass is 316 g/mol. The fourth-order valence-electron chi connectivity index (χ4n) is 2.09. The lowest BCUT2D eigenvalue weighted by Gasteiger charge is -2.24. The van der Waals surface area contributed by atoms with Crippen LogP contribution in [0.4, 0.5) is 10.5 Å². The van der Waals surface area contributed by atoms with Gasteiger partial charge in [-0.3, -0.25) is 5.41 Å². The molecule has 2 rings (SSSR count). The van der Waals surface area contributed by atoms with Crippen molar-refractivity contribution in [3.05, 3.63) is 64.7 Å². The number of aryl methyl sites for hydroxylation is 1. The summed E-state index contributed by atoms with van der Waals surface area (Å²) >= 11 is 6.16. The number of amides is 2. The molecule has 2 aromatic rings. The van der Waals surface area contributed by atoms with Crippen LogP contribution in [0.15, 0.2) is 48.5 Å². The molecule has 0 fully saturated rings. The minimum absolute atomic E-state index is 0.340. The fraction of sp³-hybridized carbons (Fsp3) is 0.125. The van der Waals surface area contributed by atoms with Gasteiger partial charge in [0.2, 0.25) is 5.96 Å². The number of benzene rings is 2. The van der Waals surface area contributed by atoms with Crippen LogP contribution in [0.2, 0.25) is 5.02 Å². The molecule has 0 saturated heterocycles. The van der Waals surface area contributed by atoms with Gasteiger partial charge in [-0.25, -0.2) is 9.69 Å². The lowest BCUT2D eigenvalue weighted by Crippen LogP contribution is -2.47. The summed E-state index contributed by atoms with van der Waals surface area (Å²) in [6.45, 7) is 2.15. The Kier molecular flexibility index (Phi) is 5.01. The Morgan fingerprint density at radius 2 is 1.91 bits per heavy atom. The van der Waals surface area contributed by atoms with Crippen LogP contribution in [0.1, 0.15) is 11.1 Å². The van der Waals surface area contributed by atoms with Crippen molar-refractivity contribution in [1.29, 1.82) is 5.41 Å². The average molecular weight is 317 g/mol. The van der Waals surface area contributed by atoms with Gasteiger partial charge < -0.3 is 11.1 Å². The third-order valence-electron chi connectivity index (χ3n) is 3.14. The van der Waals surface area contributed by atoms with E-state index in [2.05, 4.69) is 5.32 Å². The molecular formula is C16H17ClN4O. The first kappa shape index (κ1) is 15.9. The Morgan fingerprint density at radius 1 is 1.23 bits per heavy atom. The summed E-state index contributed by atoms with van der Waals surface area (Å²) in [5, 5.41) is 10.8. The zero-order chi connectivity index (χ0) is 16.1. The number of nitrogens with two attached hydrogens (primary N) is 1. The van der Waals surface area contributed by atoms with E-state index in [1.54, 1.807) is 12.1 Å². The molecule has 0 aliphatic rings. The Labute approximate surface area is 134 Å². The van der Waals surface area contributed by atoms with Crippen molar-refractivity contribution in [2.45, 2.75) is 13.5 Å². The number of guanidine groups is 1. The molecule has 0 heterocycles. The number of hydrogen-bond donors (Lipinski definition) is 3. The molecule has 0 radical (unpaired) electrons. The van der Waals surface area contributed by atoms with Crippen LogP contribution < -0.4 is 16.0 Å². The predicted octanol–water partition coefficient (Wildman–Crippen LogP) is 3.26. The molecule has 4 N–H and O–H groups in total. The largest absolute Gasteiger partial charge is 0.369 e. The van der Waals surface area contributed by atoms with Crippen LogP contribution in [-0.4, -0.2) is 12.0 Å². The molecule has 0 saturated carbocycles. The van der Waals surface area contributed by atoms with Gasteiger partial charge in [0.15, 0.2) is 0 Å². The number of anilines is 1. The molecule has 0 bridgehead atoms. The first-order valence-corrected chi connectivity index (χ1v) is 7.09. The number of nitrogens with one attached hydrogen (secondary N) is 2. The minimum Gasteiger partial charge on any atom is -0.369 e. The predicted molar refractivity (Wildman–Crippen MR) is 89.3 cm³/mol. The van der Waals surface area contributed by atoms with E-state index in [1.807, 2.05) is 43.3 Å². The van der Waals surface area contributed by atoms with Crippen LogP contribution in [0.3, 0.4) is 0 Å². The summed E-state index contributed by atoms with van der Waals surface area (Å²) < 4.78 is 0. The molecule has 0 spiro atoms. The van der Waals surface area contributed by atoms with Crippen LogP contribution in [-0.2, 0) is 6.54 Å². The van der Waals surface area contributed by atoms with E-state index >= 15 is 0 Å². The van der Waals surface area contributed by atoms with Gasteiger partial charge in [-0.05, 0) is 24.1 Å². The molecule has 2 amide bonds. The first-order valence-electron chi connectivity index (χ1n) is 6.71. The maximum atomic E-state index is 12.4. The maximum Gasteiger partial charge on any atom is 0.329 e. The van der Waals surface area contributed by atoms with Crippen molar-refractivity contribution in [3.63, 3.8) is 0 Å². The van der Waals surface area contributed by atoms with Crippen LogP contribution in [0, 0.1) is 12.3 Å². The highest BCUT2D eigenvalue weighted by Crippen LogP contribution is 2.29. The van der Waals surface area contributed by atoms with Crippen molar-refractivity contribution in [2.24, 2.45) is 5.73 Å². The Morgan fingerprint density at radius 3 is 2.50 bits per heavy atom. The molecule has 0 aliphatic carbocycles. The SMILES string of the molecule is Cc1cccc(Cl)c1N(C(=N)N)C(=O)NCc1ccccc1. The number of para-hydroxylation sites is 1. The van der Waals surface area contributed by atoms with Crippen molar-refractivity contribution in [3.8, 4) is 0 Å². The standard InChI is InChI=1S/C16H17ClN4O/c1-11-6-5-9-13(17)14(11)21(15(18)19)16(22)20-10-12-7-3-2-4-8-12/h2-9H,10H2,1H3,(H3,18,19)(H,20,22). The summed E-state index contributed by atoms with van der Waals surface area (Å²) in [4.78, 5) is 13.5. The molecule has 0 atom stereocenters. The zero-order valence-electron chi connectivity index (χ0n) is 12.1. The Bertz CT molecular complexity index is 668. The van der Waals surface area contributed by atoms with E-state index in [0.29, 0.717) is 17.3 Å². The number of rotatable bonds is 3. The van der Waals surface area contributed by atoms with Gasteiger partial charge in [0.05, 0.1) is 10.7 Å². The minimum atomic E-state index is -0.493. The summed E-state index contributed by atoms with van der Waals surface area (Å²) in [6.07, 6.45) is 0. The van der Waals surface area contributed by atoms with E-state index in [4.69, 9.17) is 22.7 Å². The molecular weight excluding hydrogens is 300 g/mol. The fourth-order valence-corrected chi connectivity index (χ4v) is 2.40. The van der Waals surface area contributed by atoms with E-state index in [-0.39, 0.29) is 5.96 Å². The van der Waals surface area contributed by atoms with Gasteiger partial charge in [0.25, 0.3) is 0 Å². The van der Waals surface area contributed by atoms with Gasteiger partial charge in [-0.1, -0.05) is 54.1 Å². The van der Waals surface area contributed by atoms with Gasteiger partial charge in [-0.2, -0.15) is 0 Å². The molecule has 0 aromatic heterocycles. The Balaban J connectivity index is 2.21. The third kappa shape index (κ3) is 3.56. The highest BCUT2D eigenvalue weighted by Gasteiger charge is 2.22. The van der Waals surface area contributed by atoms with E-state index < -0.39 is 6.03 Å². The second-order valence-corrected chi connectivity index (χ2v) is 5.18. The smallest absolute Gasteiger partial charge is 0.329 e. The van der Waals surface area contributed by atoms with E-state index in [1.165, 1.54) is 0 Å². The van der Waals surface area contributed by atoms with Crippen molar-refractivity contribution in [2.75, 3.05) is 4.90 Å².